The molecule has 152 valence electrons. The Labute approximate surface area is 172 Å². The minimum Gasteiger partial charge on any atom is -0.381 e. The summed E-state index contributed by atoms with van der Waals surface area (Å²) < 4.78 is 32.3. The van der Waals surface area contributed by atoms with Gasteiger partial charge in [-0.2, -0.15) is 5.10 Å². The van der Waals surface area contributed by atoms with E-state index in [1.54, 1.807) is 0 Å². The third kappa shape index (κ3) is 4.40. The summed E-state index contributed by atoms with van der Waals surface area (Å²) in [7, 11) is -3.36. The fourth-order valence-electron chi connectivity index (χ4n) is 3.34. The number of ether oxygens (including phenoxy) is 1. The zero-order valence-electron chi connectivity index (χ0n) is 15.1. The van der Waals surface area contributed by atoms with Crippen LogP contribution in [0.3, 0.4) is 0 Å². The fourth-order valence-corrected chi connectivity index (χ4v) is 5.75. The molecule has 1 atom stereocenters. The first-order chi connectivity index (χ1) is 13.4. The summed E-state index contributed by atoms with van der Waals surface area (Å²) in [6.45, 7) is 1.34. The summed E-state index contributed by atoms with van der Waals surface area (Å²) >= 11 is 7.06. The maximum atomic E-state index is 13.0. The lowest BCUT2D eigenvalue weighted by atomic mass is 9.92. The number of carbonyl (C=O) groups excluding carboxylic acids is 1. The molecule has 1 unspecified atom stereocenters. The molecule has 2 aliphatic rings. The van der Waals surface area contributed by atoms with Gasteiger partial charge >= 0.3 is 0 Å². The first kappa shape index (κ1) is 19.8. The molecule has 1 saturated heterocycles. The van der Waals surface area contributed by atoms with Gasteiger partial charge < -0.3 is 10.1 Å². The van der Waals surface area contributed by atoms with Gasteiger partial charge in [-0.3, -0.25) is 9.48 Å². The van der Waals surface area contributed by atoms with E-state index in [2.05, 4.69) is 15.4 Å². The highest BCUT2D eigenvalue weighted by atomic mass is 35.5. The molecule has 2 fully saturated rings. The number of rotatable bonds is 7. The second kappa shape index (κ2) is 8.10. The van der Waals surface area contributed by atoms with E-state index < -0.39 is 15.9 Å². The molecule has 0 bridgehead atoms. The minimum atomic E-state index is -3.36. The van der Waals surface area contributed by atoms with Crippen LogP contribution in [-0.2, 0) is 19.4 Å². The molecule has 3 heterocycles. The van der Waals surface area contributed by atoms with Crippen molar-refractivity contribution in [2.24, 2.45) is 5.92 Å². The Bertz CT molecular complexity index is 948. The molecular weight excluding hydrogens is 424 g/mol. The molecular formula is C17H21ClN4O4S2. The zero-order valence-corrected chi connectivity index (χ0v) is 17.5. The molecule has 1 amide bonds. The molecule has 0 radical (unpaired) electrons. The largest absolute Gasteiger partial charge is 0.381 e. The lowest BCUT2D eigenvalue weighted by molar-refractivity contribution is -0.120. The van der Waals surface area contributed by atoms with Crippen LogP contribution in [0.15, 0.2) is 23.5 Å². The van der Waals surface area contributed by atoms with Crippen LogP contribution in [-0.4, -0.2) is 47.6 Å². The van der Waals surface area contributed by atoms with Crippen LogP contribution >= 0.6 is 22.9 Å². The summed E-state index contributed by atoms with van der Waals surface area (Å²) in [5.74, 6) is 0.0213. The zero-order chi connectivity index (χ0) is 19.7. The maximum Gasteiger partial charge on any atom is 0.251 e. The van der Waals surface area contributed by atoms with E-state index in [0.717, 1.165) is 12.8 Å². The van der Waals surface area contributed by atoms with Crippen molar-refractivity contribution in [1.82, 2.24) is 14.8 Å². The number of nitrogens with zero attached hydrogens (tertiary/aromatic N) is 3. The highest BCUT2D eigenvalue weighted by Gasteiger charge is 2.38. The van der Waals surface area contributed by atoms with Crippen molar-refractivity contribution in [2.45, 2.75) is 48.3 Å². The number of hydrogen-bond donors (Lipinski definition) is 1. The molecule has 0 spiro atoms. The van der Waals surface area contributed by atoms with E-state index in [0.29, 0.717) is 47.9 Å². The number of nitrogens with one attached hydrogen (secondary N) is 1. The van der Waals surface area contributed by atoms with E-state index in [1.165, 1.54) is 34.6 Å². The van der Waals surface area contributed by atoms with Crippen molar-refractivity contribution < 1.29 is 17.9 Å². The summed E-state index contributed by atoms with van der Waals surface area (Å²) in [5, 5.41) is 7.10. The van der Waals surface area contributed by atoms with Gasteiger partial charge in [0.1, 0.15) is 15.3 Å². The molecule has 11 heteroatoms. The van der Waals surface area contributed by atoms with Crippen LogP contribution < -0.4 is 5.32 Å². The van der Waals surface area contributed by atoms with Crippen LogP contribution in [0.25, 0.3) is 0 Å². The Hall–Kier alpha value is -1.49. The first-order valence-electron chi connectivity index (χ1n) is 9.21. The standard InChI is InChI=1S/C17H21ClN4O4S2/c18-15-9-19-17(27-15)21-16(23)14(7-11-3-5-26-6-4-11)22-10-13(8-20-22)28(24,25)12-1-2-12/h8-12,14H,1-7H2,(H,19,21,23). The van der Waals surface area contributed by atoms with Gasteiger partial charge in [0.15, 0.2) is 15.0 Å². The van der Waals surface area contributed by atoms with Crippen molar-refractivity contribution in [2.75, 3.05) is 18.5 Å². The SMILES string of the molecule is O=C(Nc1ncc(Cl)s1)C(CC1CCOCC1)n1cc(S(=O)(=O)C2CC2)cn1. The number of hydrogen-bond acceptors (Lipinski definition) is 7. The monoisotopic (exact) mass is 444 g/mol. The molecule has 4 rings (SSSR count). The number of amides is 1. The van der Waals surface area contributed by atoms with Crippen LogP contribution in [0.5, 0.6) is 0 Å². The Morgan fingerprint density at radius 1 is 1.32 bits per heavy atom. The second-order valence-corrected chi connectivity index (χ2v) is 11.1. The van der Waals surface area contributed by atoms with Crippen LogP contribution in [0.1, 0.15) is 38.1 Å². The van der Waals surface area contributed by atoms with E-state index in [1.807, 2.05) is 0 Å². The van der Waals surface area contributed by atoms with Crippen LogP contribution in [0.4, 0.5) is 5.13 Å². The first-order valence-corrected chi connectivity index (χ1v) is 12.0. The van der Waals surface area contributed by atoms with Gasteiger partial charge in [-0.05, 0) is 38.0 Å². The van der Waals surface area contributed by atoms with E-state index >= 15 is 0 Å². The molecule has 2 aromatic rings. The normalized spacial score (nSPS) is 19.5. The fraction of sp³-hybridized carbons (Fsp3) is 0.588. The van der Waals surface area contributed by atoms with Gasteiger partial charge in [0.25, 0.3) is 5.91 Å². The Morgan fingerprint density at radius 3 is 2.71 bits per heavy atom. The average Bonchev–Trinajstić information content (AvgIpc) is 3.30. The molecule has 1 aliphatic heterocycles. The Balaban J connectivity index is 1.56. The second-order valence-electron chi connectivity index (χ2n) is 7.17. The molecule has 0 aromatic carbocycles. The van der Waals surface area contributed by atoms with Crippen molar-refractivity contribution in [3.05, 3.63) is 22.9 Å². The summed E-state index contributed by atoms with van der Waals surface area (Å²) in [4.78, 5) is 17.2. The van der Waals surface area contributed by atoms with E-state index in [4.69, 9.17) is 16.3 Å². The van der Waals surface area contributed by atoms with E-state index in [9.17, 15) is 13.2 Å². The smallest absolute Gasteiger partial charge is 0.251 e. The predicted octanol–water partition coefficient (Wildman–Crippen LogP) is 2.93. The van der Waals surface area contributed by atoms with Crippen molar-refractivity contribution in [3.63, 3.8) is 0 Å². The van der Waals surface area contributed by atoms with Gasteiger partial charge in [0.2, 0.25) is 0 Å². The number of carbonyl (C=O) groups is 1. The number of thiazole rings is 1. The lowest BCUT2D eigenvalue weighted by Crippen LogP contribution is -2.30. The minimum absolute atomic E-state index is 0.178. The van der Waals surface area contributed by atoms with Gasteiger partial charge in [-0.15, -0.1) is 0 Å². The predicted molar refractivity (Wildman–Crippen MR) is 105 cm³/mol. The molecule has 8 nitrogen and oxygen atoms in total. The molecule has 28 heavy (non-hydrogen) atoms. The average molecular weight is 445 g/mol. The van der Waals surface area contributed by atoms with Crippen molar-refractivity contribution in [1.29, 1.82) is 0 Å². The summed E-state index contributed by atoms with van der Waals surface area (Å²) in [6, 6.07) is -0.631. The molecule has 1 aliphatic carbocycles. The van der Waals surface area contributed by atoms with Gasteiger partial charge in [-0.25, -0.2) is 13.4 Å². The van der Waals surface area contributed by atoms with E-state index in [-0.39, 0.29) is 16.1 Å². The highest BCUT2D eigenvalue weighted by Crippen LogP contribution is 2.34. The van der Waals surface area contributed by atoms with Gasteiger partial charge in [0, 0.05) is 19.4 Å². The van der Waals surface area contributed by atoms with Crippen molar-refractivity contribution >= 4 is 43.8 Å². The maximum absolute atomic E-state index is 13.0. The Kier molecular flexibility index (Phi) is 5.73. The molecule has 1 saturated carbocycles. The lowest BCUT2D eigenvalue weighted by Gasteiger charge is -2.26. The Morgan fingerprint density at radius 2 is 2.07 bits per heavy atom. The third-order valence-corrected chi connectivity index (χ3v) is 8.34. The molecule has 1 N–H and O–H groups in total. The van der Waals surface area contributed by atoms with Crippen LogP contribution in [0, 0.1) is 5.92 Å². The quantitative estimate of drug-likeness (QED) is 0.704. The van der Waals surface area contributed by atoms with Crippen molar-refractivity contribution in [3.8, 4) is 0 Å². The summed E-state index contributed by atoms with van der Waals surface area (Å²) in [5.41, 5.74) is 0. The number of aromatic nitrogens is 3. The number of halogens is 1. The third-order valence-electron chi connectivity index (χ3n) is 5.10. The highest BCUT2D eigenvalue weighted by molar-refractivity contribution is 7.92. The summed E-state index contributed by atoms with van der Waals surface area (Å²) in [6.07, 6.45) is 7.95. The van der Waals surface area contributed by atoms with Gasteiger partial charge in [0.05, 0.1) is 17.6 Å². The molecule has 2 aromatic heterocycles. The number of anilines is 1. The topological polar surface area (TPSA) is 103 Å². The number of sulfone groups is 1. The van der Waals surface area contributed by atoms with Crippen LogP contribution in [0.2, 0.25) is 4.34 Å². The van der Waals surface area contributed by atoms with Gasteiger partial charge in [-0.1, -0.05) is 22.9 Å².